The molecule has 0 radical (unpaired) electrons. The summed E-state index contributed by atoms with van der Waals surface area (Å²) in [5.41, 5.74) is 0. The number of alkyl halides is 3. The summed E-state index contributed by atoms with van der Waals surface area (Å²) in [4.78, 5) is 13.0. The van der Waals surface area contributed by atoms with Crippen LogP contribution in [0.2, 0.25) is 0 Å². The molecule has 16 heavy (non-hydrogen) atoms. The Kier molecular flexibility index (Phi) is 5.01. The third kappa shape index (κ3) is 5.32. The lowest BCUT2D eigenvalue weighted by Gasteiger charge is -2.19. The van der Waals surface area contributed by atoms with Gasteiger partial charge in [-0.1, -0.05) is 0 Å². The molecule has 7 heteroatoms. The maximum atomic E-state index is 11.8. The van der Waals surface area contributed by atoms with E-state index in [2.05, 4.69) is 10.1 Å². The molecule has 4 nitrogen and oxygen atoms in total. The second kappa shape index (κ2) is 6.05. The first-order chi connectivity index (χ1) is 7.49. The maximum absolute atomic E-state index is 11.8. The topological polar surface area (TPSA) is 41.6 Å². The molecule has 1 aliphatic rings. The number of hydrogen-bond donors (Lipinski definition) is 1. The first kappa shape index (κ1) is 13.2. The van der Waals surface area contributed by atoms with Gasteiger partial charge in [0.2, 0.25) is 5.91 Å². The van der Waals surface area contributed by atoms with E-state index in [1.165, 1.54) is 4.90 Å². The molecule has 0 unspecified atom stereocenters. The average molecular weight is 240 g/mol. The van der Waals surface area contributed by atoms with Crippen molar-refractivity contribution >= 4 is 5.91 Å². The van der Waals surface area contributed by atoms with Crippen LogP contribution in [0.4, 0.5) is 13.2 Å². The van der Waals surface area contributed by atoms with E-state index in [1.807, 2.05) is 0 Å². The van der Waals surface area contributed by atoms with Gasteiger partial charge in [-0.3, -0.25) is 4.79 Å². The summed E-state index contributed by atoms with van der Waals surface area (Å²) in [5.74, 6) is -0.382. The number of carbonyl (C=O) groups is 1. The number of halogens is 3. The number of amides is 1. The number of hydrogen-bond acceptors (Lipinski definition) is 3. The van der Waals surface area contributed by atoms with Crippen molar-refractivity contribution in [2.75, 3.05) is 39.4 Å². The predicted molar refractivity (Wildman–Crippen MR) is 50.9 cm³/mol. The molecule has 1 fully saturated rings. The van der Waals surface area contributed by atoms with Crippen LogP contribution in [0.3, 0.4) is 0 Å². The largest absolute Gasteiger partial charge is 0.411 e. The molecule has 0 aliphatic carbocycles. The van der Waals surface area contributed by atoms with Crippen LogP contribution in [0.1, 0.15) is 6.42 Å². The zero-order valence-corrected chi connectivity index (χ0v) is 8.85. The van der Waals surface area contributed by atoms with Gasteiger partial charge in [0.1, 0.15) is 13.2 Å². The number of nitrogens with one attached hydrogen (secondary N) is 1. The van der Waals surface area contributed by atoms with Crippen LogP contribution in [0, 0.1) is 0 Å². The van der Waals surface area contributed by atoms with Gasteiger partial charge >= 0.3 is 6.18 Å². The number of ether oxygens (including phenoxy) is 1. The van der Waals surface area contributed by atoms with Gasteiger partial charge in [-0.05, 0) is 13.0 Å². The molecular formula is C9H15F3N2O2. The molecule has 0 bridgehead atoms. The quantitative estimate of drug-likeness (QED) is 0.775. The van der Waals surface area contributed by atoms with Gasteiger partial charge in [0.15, 0.2) is 0 Å². The Morgan fingerprint density at radius 2 is 2.06 bits per heavy atom. The molecule has 1 rings (SSSR count). The Balaban J connectivity index is 2.23. The average Bonchev–Trinajstić information content (AvgIpc) is 2.43. The van der Waals surface area contributed by atoms with E-state index in [-0.39, 0.29) is 5.91 Å². The Bertz CT molecular complexity index is 225. The standard InChI is InChI=1S/C9H15F3N2O2/c10-9(11,12)7-16-6-8(15)14-4-1-2-13-3-5-14/h13H,1-7H2. The van der Waals surface area contributed by atoms with Crippen molar-refractivity contribution in [3.05, 3.63) is 0 Å². The second-order valence-corrected chi connectivity index (χ2v) is 3.59. The third-order valence-corrected chi connectivity index (χ3v) is 2.18. The van der Waals surface area contributed by atoms with Gasteiger partial charge in [0, 0.05) is 19.6 Å². The first-order valence-corrected chi connectivity index (χ1v) is 5.12. The smallest absolute Gasteiger partial charge is 0.362 e. The van der Waals surface area contributed by atoms with Crippen LogP contribution < -0.4 is 5.32 Å². The van der Waals surface area contributed by atoms with Crippen LogP contribution in [0.15, 0.2) is 0 Å². The maximum Gasteiger partial charge on any atom is 0.411 e. The molecule has 1 aliphatic heterocycles. The van der Waals surface area contributed by atoms with Crippen molar-refractivity contribution in [1.29, 1.82) is 0 Å². The van der Waals surface area contributed by atoms with Gasteiger partial charge in [0.05, 0.1) is 0 Å². The van der Waals surface area contributed by atoms with Crippen LogP contribution in [0.5, 0.6) is 0 Å². The van der Waals surface area contributed by atoms with Gasteiger partial charge in [-0.25, -0.2) is 0 Å². The van der Waals surface area contributed by atoms with Crippen molar-refractivity contribution in [1.82, 2.24) is 10.2 Å². The van der Waals surface area contributed by atoms with Crippen molar-refractivity contribution in [2.24, 2.45) is 0 Å². The van der Waals surface area contributed by atoms with Crippen LogP contribution in [-0.2, 0) is 9.53 Å². The molecule has 94 valence electrons. The SMILES string of the molecule is O=C(COCC(F)(F)F)N1CCCNCC1. The Morgan fingerprint density at radius 1 is 1.31 bits per heavy atom. The van der Waals surface area contributed by atoms with Crippen LogP contribution >= 0.6 is 0 Å². The molecule has 1 heterocycles. The van der Waals surface area contributed by atoms with E-state index in [4.69, 9.17) is 0 Å². The lowest BCUT2D eigenvalue weighted by molar-refractivity contribution is -0.177. The second-order valence-electron chi connectivity index (χ2n) is 3.59. The van der Waals surface area contributed by atoms with Crippen molar-refractivity contribution in [3.8, 4) is 0 Å². The fourth-order valence-electron chi connectivity index (χ4n) is 1.44. The van der Waals surface area contributed by atoms with Crippen molar-refractivity contribution in [2.45, 2.75) is 12.6 Å². The molecule has 1 saturated heterocycles. The summed E-state index contributed by atoms with van der Waals surface area (Å²) in [6, 6.07) is 0. The van der Waals surface area contributed by atoms with Gasteiger partial charge < -0.3 is 15.0 Å². The van der Waals surface area contributed by atoms with Crippen LogP contribution in [-0.4, -0.2) is 56.4 Å². The normalized spacial score (nSPS) is 18.3. The number of carbonyl (C=O) groups excluding carboxylic acids is 1. The third-order valence-electron chi connectivity index (χ3n) is 2.18. The summed E-state index contributed by atoms with van der Waals surface area (Å²) in [5, 5.41) is 3.10. The highest BCUT2D eigenvalue weighted by Crippen LogP contribution is 2.14. The predicted octanol–water partition coefficient (Wildman–Crippen LogP) is 0.387. The monoisotopic (exact) mass is 240 g/mol. The molecule has 1 N–H and O–H groups in total. The minimum Gasteiger partial charge on any atom is -0.362 e. The fraction of sp³-hybridized carbons (Fsp3) is 0.889. The molecule has 1 amide bonds. The Morgan fingerprint density at radius 3 is 2.75 bits per heavy atom. The summed E-state index contributed by atoms with van der Waals surface area (Å²) in [7, 11) is 0. The summed E-state index contributed by atoms with van der Waals surface area (Å²) < 4.78 is 39.6. The minimum absolute atomic E-state index is 0.382. The fourth-order valence-corrected chi connectivity index (χ4v) is 1.44. The highest BCUT2D eigenvalue weighted by Gasteiger charge is 2.28. The van der Waals surface area contributed by atoms with E-state index in [0.717, 1.165) is 13.0 Å². The number of rotatable bonds is 3. The molecular weight excluding hydrogens is 225 g/mol. The lowest BCUT2D eigenvalue weighted by Crippen LogP contribution is -2.37. The van der Waals surface area contributed by atoms with E-state index in [0.29, 0.717) is 19.6 Å². The molecule has 0 aromatic heterocycles. The van der Waals surface area contributed by atoms with Gasteiger partial charge in [-0.15, -0.1) is 0 Å². The van der Waals surface area contributed by atoms with Crippen molar-refractivity contribution < 1.29 is 22.7 Å². The van der Waals surface area contributed by atoms with Crippen LogP contribution in [0.25, 0.3) is 0 Å². The molecule has 0 atom stereocenters. The first-order valence-electron chi connectivity index (χ1n) is 5.12. The van der Waals surface area contributed by atoms with E-state index < -0.39 is 19.4 Å². The van der Waals surface area contributed by atoms with E-state index in [9.17, 15) is 18.0 Å². The minimum atomic E-state index is -4.37. The molecule has 0 aromatic carbocycles. The molecule has 0 spiro atoms. The number of nitrogens with zero attached hydrogens (tertiary/aromatic N) is 1. The Labute approximate surface area is 91.7 Å². The van der Waals surface area contributed by atoms with Gasteiger partial charge in [-0.2, -0.15) is 13.2 Å². The summed E-state index contributed by atoms with van der Waals surface area (Å²) in [6.07, 6.45) is -3.56. The van der Waals surface area contributed by atoms with Crippen molar-refractivity contribution in [3.63, 3.8) is 0 Å². The molecule has 0 saturated carbocycles. The van der Waals surface area contributed by atoms with Gasteiger partial charge in [0.25, 0.3) is 0 Å². The van der Waals surface area contributed by atoms with E-state index >= 15 is 0 Å². The highest BCUT2D eigenvalue weighted by atomic mass is 19.4. The summed E-state index contributed by atoms with van der Waals surface area (Å²) >= 11 is 0. The van der Waals surface area contributed by atoms with E-state index in [1.54, 1.807) is 0 Å². The lowest BCUT2D eigenvalue weighted by atomic mass is 10.4. The molecule has 0 aromatic rings. The zero-order chi connectivity index (χ0) is 12.0. The highest BCUT2D eigenvalue weighted by molar-refractivity contribution is 5.77. The Hall–Kier alpha value is -0.820. The summed E-state index contributed by atoms with van der Waals surface area (Å²) in [6.45, 7) is 0.720. The zero-order valence-electron chi connectivity index (χ0n) is 8.85.